The maximum Gasteiger partial charge on any atom is 0.189 e. The van der Waals surface area contributed by atoms with Crippen LogP contribution in [0, 0.1) is 11.8 Å². The Kier molecular flexibility index (Phi) is 5.59. The number of allylic oxidation sites excluding steroid dienone is 2. The van der Waals surface area contributed by atoms with Crippen molar-refractivity contribution in [3.05, 3.63) is 35.6 Å². The van der Waals surface area contributed by atoms with Gasteiger partial charge in [0.15, 0.2) is 11.4 Å². The lowest BCUT2D eigenvalue weighted by Crippen LogP contribution is -2.54. The van der Waals surface area contributed by atoms with Gasteiger partial charge in [-0.05, 0) is 49.6 Å². The van der Waals surface area contributed by atoms with Gasteiger partial charge in [-0.2, -0.15) is 0 Å². The summed E-state index contributed by atoms with van der Waals surface area (Å²) in [5.74, 6) is -0.690. The van der Waals surface area contributed by atoms with Gasteiger partial charge in [-0.1, -0.05) is 20.3 Å². The molecule has 0 amide bonds. The van der Waals surface area contributed by atoms with E-state index in [4.69, 9.17) is 4.74 Å². The monoisotopic (exact) mass is 352 g/mol. The summed E-state index contributed by atoms with van der Waals surface area (Å²) in [6, 6.07) is 0. The average molecular weight is 352 g/mol. The van der Waals surface area contributed by atoms with Crippen LogP contribution >= 0.6 is 0 Å². The van der Waals surface area contributed by atoms with Crippen molar-refractivity contribution in [3.8, 4) is 0 Å². The van der Waals surface area contributed by atoms with E-state index in [1.807, 2.05) is 13.8 Å². The summed E-state index contributed by atoms with van der Waals surface area (Å²) in [7, 11) is 0. The third-order valence-electron chi connectivity index (χ3n) is 5.29. The van der Waals surface area contributed by atoms with Crippen molar-refractivity contribution in [2.75, 3.05) is 6.61 Å². The molecule has 0 aromatic carbocycles. The predicted octanol–water partition coefficient (Wildman–Crippen LogP) is 0.852. The maximum atomic E-state index is 12.0. The maximum absolute atomic E-state index is 12.0. The standard InChI is InChI=1S/C19H28O6/c1-5-11(2)16(21)18(3,23)7-6-13-8-12-9-15(20)19(4,24)17(22)14(12)10-25-13/h6-9,11,14,16-17,21-24H,5,10H2,1-4H3/b7-6+/t11-,14-,16-,17+,18+,19-/m1/s1. The molecule has 4 N–H and O–H groups in total. The molecule has 1 aliphatic carbocycles. The molecule has 6 atom stereocenters. The Bertz CT molecular complexity index is 613. The fourth-order valence-electron chi connectivity index (χ4n) is 3.10. The van der Waals surface area contributed by atoms with E-state index in [0.29, 0.717) is 11.3 Å². The summed E-state index contributed by atoms with van der Waals surface area (Å²) in [5.41, 5.74) is -2.66. The summed E-state index contributed by atoms with van der Waals surface area (Å²) in [4.78, 5) is 12.0. The second-order valence-electron chi connectivity index (χ2n) is 7.45. The van der Waals surface area contributed by atoms with Crippen molar-refractivity contribution in [3.63, 3.8) is 0 Å². The van der Waals surface area contributed by atoms with E-state index in [0.717, 1.165) is 6.42 Å². The number of carbonyl (C=O) groups excluding carboxylic acids is 1. The molecule has 0 aromatic heterocycles. The molecular formula is C19H28O6. The highest BCUT2D eigenvalue weighted by Gasteiger charge is 2.47. The molecule has 2 rings (SSSR count). The van der Waals surface area contributed by atoms with E-state index >= 15 is 0 Å². The van der Waals surface area contributed by atoms with Crippen LogP contribution in [0.5, 0.6) is 0 Å². The Hall–Kier alpha value is -1.47. The van der Waals surface area contributed by atoms with E-state index in [9.17, 15) is 25.2 Å². The average Bonchev–Trinajstić information content (AvgIpc) is 2.57. The molecule has 6 nitrogen and oxygen atoms in total. The Morgan fingerprint density at radius 3 is 2.72 bits per heavy atom. The van der Waals surface area contributed by atoms with Crippen molar-refractivity contribution < 1.29 is 30.0 Å². The number of fused-ring (bicyclic) bond motifs is 1. The van der Waals surface area contributed by atoms with Crippen LogP contribution in [0.2, 0.25) is 0 Å². The topological polar surface area (TPSA) is 107 Å². The quantitative estimate of drug-likeness (QED) is 0.584. The lowest BCUT2D eigenvalue weighted by molar-refractivity contribution is -0.150. The van der Waals surface area contributed by atoms with Crippen LogP contribution < -0.4 is 0 Å². The Morgan fingerprint density at radius 2 is 2.12 bits per heavy atom. The van der Waals surface area contributed by atoms with E-state index < -0.39 is 35.1 Å². The van der Waals surface area contributed by atoms with Gasteiger partial charge in [0.1, 0.15) is 11.4 Å². The first-order chi connectivity index (χ1) is 11.5. The minimum Gasteiger partial charge on any atom is -0.493 e. The van der Waals surface area contributed by atoms with Gasteiger partial charge < -0.3 is 25.2 Å². The van der Waals surface area contributed by atoms with Crippen LogP contribution in [0.25, 0.3) is 0 Å². The highest BCUT2D eigenvalue weighted by molar-refractivity contribution is 5.99. The van der Waals surface area contributed by atoms with Crippen LogP contribution in [-0.4, -0.2) is 56.2 Å². The molecule has 0 fully saturated rings. The van der Waals surface area contributed by atoms with Crippen molar-refractivity contribution in [2.45, 2.75) is 57.5 Å². The zero-order valence-electron chi connectivity index (χ0n) is 15.1. The zero-order valence-corrected chi connectivity index (χ0v) is 15.1. The molecule has 140 valence electrons. The summed E-state index contributed by atoms with van der Waals surface area (Å²) in [6.45, 7) is 6.73. The van der Waals surface area contributed by atoms with Gasteiger partial charge in [-0.25, -0.2) is 0 Å². The lowest BCUT2D eigenvalue weighted by atomic mass is 9.75. The largest absolute Gasteiger partial charge is 0.493 e. The minimum absolute atomic E-state index is 0.0682. The van der Waals surface area contributed by atoms with Crippen molar-refractivity contribution in [1.29, 1.82) is 0 Å². The number of carbonyl (C=O) groups is 1. The zero-order chi connectivity index (χ0) is 19.0. The van der Waals surface area contributed by atoms with E-state index in [1.54, 1.807) is 12.2 Å². The predicted molar refractivity (Wildman–Crippen MR) is 92.5 cm³/mol. The van der Waals surface area contributed by atoms with Gasteiger partial charge in [-0.3, -0.25) is 4.79 Å². The second-order valence-corrected chi connectivity index (χ2v) is 7.45. The molecule has 0 aromatic rings. The summed E-state index contributed by atoms with van der Waals surface area (Å²) >= 11 is 0. The fourth-order valence-corrected chi connectivity index (χ4v) is 3.10. The van der Waals surface area contributed by atoms with Gasteiger partial charge in [0.05, 0.1) is 18.8 Å². The van der Waals surface area contributed by atoms with Gasteiger partial charge in [-0.15, -0.1) is 0 Å². The summed E-state index contributed by atoms with van der Waals surface area (Å²) < 4.78 is 5.57. The molecule has 0 bridgehead atoms. The van der Waals surface area contributed by atoms with Crippen LogP contribution in [0.1, 0.15) is 34.1 Å². The van der Waals surface area contributed by atoms with Gasteiger partial charge in [0.25, 0.3) is 0 Å². The number of hydrogen-bond donors (Lipinski definition) is 4. The molecule has 0 saturated carbocycles. The molecule has 2 aliphatic rings. The Morgan fingerprint density at radius 1 is 1.48 bits per heavy atom. The molecule has 1 aliphatic heterocycles. The molecule has 25 heavy (non-hydrogen) atoms. The van der Waals surface area contributed by atoms with Crippen molar-refractivity contribution in [1.82, 2.24) is 0 Å². The second kappa shape index (κ2) is 7.03. The first-order valence-electron chi connectivity index (χ1n) is 8.61. The Balaban J connectivity index is 2.21. The van der Waals surface area contributed by atoms with E-state index in [-0.39, 0.29) is 12.5 Å². The molecule has 0 saturated heterocycles. The van der Waals surface area contributed by atoms with Crippen molar-refractivity contribution >= 4 is 5.78 Å². The number of hydrogen-bond acceptors (Lipinski definition) is 6. The first kappa shape index (κ1) is 19.8. The smallest absolute Gasteiger partial charge is 0.189 e. The number of rotatable bonds is 5. The third-order valence-corrected chi connectivity index (χ3v) is 5.29. The van der Waals surface area contributed by atoms with Crippen LogP contribution in [0.4, 0.5) is 0 Å². The normalized spacial score (nSPS) is 34.5. The molecule has 0 radical (unpaired) electrons. The van der Waals surface area contributed by atoms with Crippen LogP contribution in [0.3, 0.4) is 0 Å². The van der Waals surface area contributed by atoms with Gasteiger partial charge in [0.2, 0.25) is 0 Å². The molecule has 0 spiro atoms. The van der Waals surface area contributed by atoms with Crippen LogP contribution in [0.15, 0.2) is 35.6 Å². The highest BCUT2D eigenvalue weighted by Crippen LogP contribution is 2.35. The van der Waals surface area contributed by atoms with Crippen molar-refractivity contribution in [2.24, 2.45) is 11.8 Å². The van der Waals surface area contributed by atoms with Crippen LogP contribution in [-0.2, 0) is 9.53 Å². The number of ketones is 1. The van der Waals surface area contributed by atoms with Gasteiger partial charge in [0, 0.05) is 5.92 Å². The Labute approximate surface area is 148 Å². The van der Waals surface area contributed by atoms with E-state index in [2.05, 4.69) is 0 Å². The SMILES string of the molecule is CC[C@@H](C)[C@@H](O)[C@@](C)(O)/C=C/C1=CC2=CC(=O)[C@@](C)(O)[C@@H](O)[C@@H]2CO1. The molecule has 1 heterocycles. The first-order valence-corrected chi connectivity index (χ1v) is 8.61. The number of ether oxygens (including phenoxy) is 1. The fraction of sp³-hybridized carbons (Fsp3) is 0.632. The summed E-state index contributed by atoms with van der Waals surface area (Å²) in [6.07, 6.45) is 4.51. The lowest BCUT2D eigenvalue weighted by Gasteiger charge is -2.39. The minimum atomic E-state index is -1.82. The highest BCUT2D eigenvalue weighted by atomic mass is 16.5. The van der Waals surface area contributed by atoms with E-state index in [1.165, 1.54) is 26.0 Å². The number of aliphatic hydroxyl groups excluding tert-OH is 2. The van der Waals surface area contributed by atoms with Gasteiger partial charge >= 0.3 is 0 Å². The third kappa shape index (κ3) is 3.87. The molecule has 0 unspecified atom stereocenters. The molecular weight excluding hydrogens is 324 g/mol. The number of aliphatic hydroxyl groups is 4. The molecule has 6 heteroatoms. The summed E-state index contributed by atoms with van der Waals surface area (Å²) in [5, 5.41) is 40.9.